The van der Waals surface area contributed by atoms with Crippen LogP contribution in [0.2, 0.25) is 0 Å². The van der Waals surface area contributed by atoms with Gasteiger partial charge >= 0.3 is 0 Å². The lowest BCUT2D eigenvalue weighted by Crippen LogP contribution is -2.41. The van der Waals surface area contributed by atoms with Crippen LogP contribution in [-0.4, -0.2) is 33.5 Å². The lowest BCUT2D eigenvalue weighted by atomic mass is 9.75. The molecule has 1 aliphatic heterocycles. The van der Waals surface area contributed by atoms with Crippen molar-refractivity contribution in [2.45, 2.75) is 31.4 Å². The minimum Gasteiger partial charge on any atom is -0.493 e. The predicted octanol–water partition coefficient (Wildman–Crippen LogP) is 1.60. The SMILES string of the molecule is Cn1cc(C(NC(=O)c2ccc3c(c2)CCO3)C2CC(O)C2)cn1. The summed E-state index contributed by atoms with van der Waals surface area (Å²) in [6.07, 6.45) is 5.70. The zero-order valence-corrected chi connectivity index (χ0v) is 13.6. The van der Waals surface area contributed by atoms with Gasteiger partial charge in [0.25, 0.3) is 5.91 Å². The molecule has 0 saturated heterocycles. The van der Waals surface area contributed by atoms with Crippen LogP contribution in [0.15, 0.2) is 30.6 Å². The van der Waals surface area contributed by atoms with Crippen molar-refractivity contribution >= 4 is 5.91 Å². The van der Waals surface area contributed by atoms with Gasteiger partial charge in [-0.2, -0.15) is 5.10 Å². The number of nitrogens with one attached hydrogen (secondary N) is 1. The quantitative estimate of drug-likeness (QED) is 0.894. The maximum absolute atomic E-state index is 12.7. The van der Waals surface area contributed by atoms with E-state index in [0.717, 1.165) is 23.3 Å². The Morgan fingerprint density at radius 3 is 3.00 bits per heavy atom. The second-order valence-corrected chi connectivity index (χ2v) is 6.70. The average Bonchev–Trinajstić information content (AvgIpc) is 3.17. The highest BCUT2D eigenvalue weighted by molar-refractivity contribution is 5.95. The minimum atomic E-state index is -0.261. The van der Waals surface area contributed by atoms with E-state index in [0.29, 0.717) is 25.0 Å². The molecule has 1 aliphatic carbocycles. The number of hydrogen-bond donors (Lipinski definition) is 2. The molecule has 1 fully saturated rings. The molecule has 1 amide bonds. The lowest BCUT2D eigenvalue weighted by Gasteiger charge is -2.37. The summed E-state index contributed by atoms with van der Waals surface area (Å²) >= 11 is 0. The van der Waals surface area contributed by atoms with Crippen LogP contribution < -0.4 is 10.1 Å². The molecule has 1 aromatic heterocycles. The Morgan fingerprint density at radius 1 is 1.46 bits per heavy atom. The third kappa shape index (κ3) is 2.78. The Kier molecular flexibility index (Phi) is 3.76. The molecule has 1 unspecified atom stereocenters. The molecule has 6 heteroatoms. The summed E-state index contributed by atoms with van der Waals surface area (Å²) in [7, 11) is 1.86. The molecule has 2 aliphatic rings. The molecule has 2 heterocycles. The number of rotatable bonds is 4. The maximum atomic E-state index is 12.7. The molecule has 0 radical (unpaired) electrons. The number of nitrogens with zero attached hydrogens (tertiary/aromatic N) is 2. The van der Waals surface area contributed by atoms with Gasteiger partial charge in [0.05, 0.1) is 24.9 Å². The highest BCUT2D eigenvalue weighted by Crippen LogP contribution is 2.38. The van der Waals surface area contributed by atoms with Crippen LogP contribution in [0.1, 0.15) is 40.4 Å². The molecular formula is C18H21N3O3. The molecule has 2 N–H and O–H groups in total. The first-order valence-electron chi connectivity index (χ1n) is 8.33. The van der Waals surface area contributed by atoms with Crippen LogP contribution in [0.3, 0.4) is 0 Å². The van der Waals surface area contributed by atoms with Crippen LogP contribution in [0.5, 0.6) is 5.75 Å². The van der Waals surface area contributed by atoms with Crippen molar-refractivity contribution in [3.8, 4) is 5.75 Å². The minimum absolute atomic E-state index is 0.0973. The van der Waals surface area contributed by atoms with Crippen molar-refractivity contribution in [1.82, 2.24) is 15.1 Å². The smallest absolute Gasteiger partial charge is 0.251 e. The molecule has 2 aromatic rings. The Morgan fingerprint density at radius 2 is 2.29 bits per heavy atom. The third-order valence-corrected chi connectivity index (χ3v) is 4.94. The number of aromatic nitrogens is 2. The molecule has 1 saturated carbocycles. The van der Waals surface area contributed by atoms with Crippen LogP contribution in [0.25, 0.3) is 0 Å². The van der Waals surface area contributed by atoms with Crippen molar-refractivity contribution in [2.75, 3.05) is 6.61 Å². The van der Waals surface area contributed by atoms with E-state index < -0.39 is 0 Å². The van der Waals surface area contributed by atoms with Gasteiger partial charge in [0.15, 0.2) is 0 Å². The fraction of sp³-hybridized carbons (Fsp3) is 0.444. The summed E-state index contributed by atoms with van der Waals surface area (Å²) < 4.78 is 7.22. The molecule has 0 spiro atoms. The van der Waals surface area contributed by atoms with E-state index in [1.807, 2.05) is 25.4 Å². The third-order valence-electron chi connectivity index (χ3n) is 4.94. The Balaban J connectivity index is 1.54. The number of aliphatic hydroxyl groups excluding tert-OH is 1. The van der Waals surface area contributed by atoms with E-state index >= 15 is 0 Å². The van der Waals surface area contributed by atoms with E-state index in [2.05, 4.69) is 10.4 Å². The van der Waals surface area contributed by atoms with E-state index in [4.69, 9.17) is 4.74 Å². The van der Waals surface area contributed by atoms with Crippen LogP contribution in [0, 0.1) is 5.92 Å². The van der Waals surface area contributed by atoms with Gasteiger partial charge < -0.3 is 15.2 Å². The van der Waals surface area contributed by atoms with Gasteiger partial charge in [-0.25, -0.2) is 0 Å². The van der Waals surface area contributed by atoms with Gasteiger partial charge in [0.1, 0.15) is 5.75 Å². The topological polar surface area (TPSA) is 76.4 Å². The summed E-state index contributed by atoms with van der Waals surface area (Å²) in [4.78, 5) is 12.7. The number of aliphatic hydroxyl groups is 1. The van der Waals surface area contributed by atoms with Crippen molar-refractivity contribution in [2.24, 2.45) is 13.0 Å². The number of carbonyl (C=O) groups excluding carboxylic acids is 1. The number of ether oxygens (including phenoxy) is 1. The average molecular weight is 327 g/mol. The van der Waals surface area contributed by atoms with Gasteiger partial charge in [0, 0.05) is 30.8 Å². The second kappa shape index (κ2) is 5.94. The maximum Gasteiger partial charge on any atom is 0.251 e. The van der Waals surface area contributed by atoms with Gasteiger partial charge in [-0.15, -0.1) is 0 Å². The second-order valence-electron chi connectivity index (χ2n) is 6.70. The van der Waals surface area contributed by atoms with Gasteiger partial charge in [0.2, 0.25) is 0 Å². The number of hydrogen-bond acceptors (Lipinski definition) is 4. The first-order chi connectivity index (χ1) is 11.6. The summed E-state index contributed by atoms with van der Waals surface area (Å²) in [6.45, 7) is 0.679. The Hall–Kier alpha value is -2.34. The van der Waals surface area contributed by atoms with Crippen molar-refractivity contribution in [1.29, 1.82) is 0 Å². The van der Waals surface area contributed by atoms with E-state index in [1.165, 1.54) is 0 Å². The van der Waals surface area contributed by atoms with Gasteiger partial charge in [-0.05, 0) is 42.5 Å². The van der Waals surface area contributed by atoms with Crippen LogP contribution in [-0.2, 0) is 13.5 Å². The molecule has 1 aromatic carbocycles. The summed E-state index contributed by atoms with van der Waals surface area (Å²) in [5.41, 5.74) is 2.71. The number of aryl methyl sites for hydroxylation is 1. The molecule has 0 bridgehead atoms. The van der Waals surface area contributed by atoms with Crippen molar-refractivity contribution < 1.29 is 14.6 Å². The first-order valence-corrected chi connectivity index (χ1v) is 8.33. The van der Waals surface area contributed by atoms with E-state index in [9.17, 15) is 9.90 Å². The van der Waals surface area contributed by atoms with Crippen LogP contribution >= 0.6 is 0 Å². The highest BCUT2D eigenvalue weighted by atomic mass is 16.5. The largest absolute Gasteiger partial charge is 0.493 e. The molecule has 1 atom stereocenters. The lowest BCUT2D eigenvalue weighted by molar-refractivity contribution is 0.0235. The molecule has 6 nitrogen and oxygen atoms in total. The van der Waals surface area contributed by atoms with Crippen molar-refractivity contribution in [3.63, 3.8) is 0 Å². The Labute approximate surface area is 140 Å². The summed E-state index contributed by atoms with van der Waals surface area (Å²) in [5.74, 6) is 1.02. The van der Waals surface area contributed by atoms with E-state index in [1.54, 1.807) is 16.9 Å². The first kappa shape index (κ1) is 15.2. The number of amides is 1. The van der Waals surface area contributed by atoms with Crippen molar-refractivity contribution in [3.05, 3.63) is 47.3 Å². The summed E-state index contributed by atoms with van der Waals surface area (Å²) in [5, 5.41) is 17.0. The Bertz CT molecular complexity index is 765. The molecule has 126 valence electrons. The van der Waals surface area contributed by atoms with Gasteiger partial charge in [-0.3, -0.25) is 9.48 Å². The number of carbonyl (C=O) groups is 1. The predicted molar refractivity (Wildman–Crippen MR) is 87.8 cm³/mol. The molecular weight excluding hydrogens is 306 g/mol. The fourth-order valence-corrected chi connectivity index (χ4v) is 3.53. The zero-order valence-electron chi connectivity index (χ0n) is 13.6. The van der Waals surface area contributed by atoms with E-state index in [-0.39, 0.29) is 24.0 Å². The monoisotopic (exact) mass is 327 g/mol. The van der Waals surface area contributed by atoms with Crippen LogP contribution in [0.4, 0.5) is 0 Å². The normalized spacial score (nSPS) is 23.1. The molecule has 24 heavy (non-hydrogen) atoms. The summed E-state index contributed by atoms with van der Waals surface area (Å²) in [6, 6.07) is 5.45. The standard InChI is InChI=1S/C18H21N3O3/c1-21-10-14(9-19-21)17(13-7-15(22)8-13)20-18(23)12-2-3-16-11(6-12)4-5-24-16/h2-3,6,9-10,13,15,17,22H,4-5,7-8H2,1H3,(H,20,23). The molecule has 4 rings (SSSR count). The zero-order chi connectivity index (χ0) is 16.7. The number of benzene rings is 1. The fourth-order valence-electron chi connectivity index (χ4n) is 3.53. The highest BCUT2D eigenvalue weighted by Gasteiger charge is 2.36. The van der Waals surface area contributed by atoms with Gasteiger partial charge in [-0.1, -0.05) is 0 Å². The number of fused-ring (bicyclic) bond motifs is 1.